The van der Waals surface area contributed by atoms with Crippen molar-refractivity contribution in [3.63, 3.8) is 0 Å². The monoisotopic (exact) mass is 1040 g/mol. The minimum absolute atomic E-state index is 0.105. The molecule has 0 heterocycles. The van der Waals surface area contributed by atoms with E-state index in [2.05, 4.69) is 154 Å². The molecule has 0 bridgehead atoms. The third-order valence-electron chi connectivity index (χ3n) is 12.6. The van der Waals surface area contributed by atoms with Gasteiger partial charge >= 0.3 is 17.9 Å². The van der Waals surface area contributed by atoms with Crippen molar-refractivity contribution >= 4 is 17.9 Å². The number of rotatable bonds is 54. The first-order valence-corrected chi connectivity index (χ1v) is 30.7. The maximum Gasteiger partial charge on any atom is 0.306 e. The van der Waals surface area contributed by atoms with E-state index >= 15 is 0 Å². The lowest BCUT2D eigenvalue weighted by Crippen LogP contribution is -2.30. The Hall–Kier alpha value is -4.45. The van der Waals surface area contributed by atoms with Gasteiger partial charge in [0.1, 0.15) is 13.2 Å². The highest BCUT2D eigenvalue weighted by atomic mass is 16.6. The molecule has 75 heavy (non-hydrogen) atoms. The number of carbonyl (C=O) groups is 3. The Kier molecular flexibility index (Phi) is 58.4. The maximum atomic E-state index is 12.9. The molecule has 6 heteroatoms. The van der Waals surface area contributed by atoms with E-state index in [1.165, 1.54) is 83.5 Å². The maximum absolute atomic E-state index is 12.9. The van der Waals surface area contributed by atoms with Crippen LogP contribution in [0, 0.1) is 0 Å². The smallest absolute Gasteiger partial charge is 0.306 e. The van der Waals surface area contributed by atoms with Crippen molar-refractivity contribution in [2.45, 2.75) is 271 Å². The summed E-state index contributed by atoms with van der Waals surface area (Å²) in [5.74, 6) is -0.979. The quantitative estimate of drug-likeness (QED) is 0.0261. The molecule has 0 aliphatic rings. The lowest BCUT2D eigenvalue weighted by Gasteiger charge is -2.18. The summed E-state index contributed by atoms with van der Waals surface area (Å²) in [5, 5.41) is 0. The predicted octanol–water partition coefficient (Wildman–Crippen LogP) is 21.0. The molecular weight excluding hydrogens is 925 g/mol. The normalized spacial score (nSPS) is 13.1. The van der Waals surface area contributed by atoms with Gasteiger partial charge in [-0.05, 0) is 109 Å². The summed E-state index contributed by atoms with van der Waals surface area (Å²) in [5.41, 5.74) is 0. The van der Waals surface area contributed by atoms with Gasteiger partial charge in [0.25, 0.3) is 0 Å². The van der Waals surface area contributed by atoms with Crippen LogP contribution in [0.4, 0.5) is 0 Å². The van der Waals surface area contributed by atoms with Crippen molar-refractivity contribution < 1.29 is 28.6 Å². The van der Waals surface area contributed by atoms with Crippen LogP contribution >= 0.6 is 0 Å². The number of allylic oxidation sites excluding steroid dienone is 22. The standard InChI is InChI=1S/C69H112O6/c1-4-7-10-13-16-19-22-25-27-28-29-30-31-32-33-34-35-36-37-38-39-40-42-44-47-50-53-56-59-62-68(71)74-65-66(64-73-67(70)61-58-55-52-49-46-43-24-21-18-15-12-9-6-3)75-69(72)63-60-57-54-51-48-45-41-26-23-20-17-14-11-8-5-2/h7,10,12,15-16,19,21,24-25,27,29-30,32-33,35-36,38-39,42,44,50,53,66H,4-6,8-9,11,13-14,17-18,20,22-23,26,28,31,34,37,40-41,43,45-49,51-52,54-65H2,1-3H3/b10-7-,15-12-,19-16-,24-21-,27-25-,30-29-,33-32-,36-35-,39-38-,44-42-,53-50-. The van der Waals surface area contributed by atoms with Gasteiger partial charge in [-0.25, -0.2) is 0 Å². The molecule has 0 aromatic rings. The number of hydrogen-bond donors (Lipinski definition) is 0. The fraction of sp³-hybridized carbons (Fsp3) is 0.638. The van der Waals surface area contributed by atoms with Gasteiger partial charge in [0.15, 0.2) is 6.10 Å². The van der Waals surface area contributed by atoms with Gasteiger partial charge in [-0.15, -0.1) is 0 Å². The Bertz CT molecular complexity index is 1620. The van der Waals surface area contributed by atoms with E-state index in [0.717, 1.165) is 135 Å². The summed E-state index contributed by atoms with van der Waals surface area (Å²) in [7, 11) is 0. The van der Waals surface area contributed by atoms with Crippen molar-refractivity contribution in [3.8, 4) is 0 Å². The molecule has 424 valence electrons. The molecule has 0 saturated carbocycles. The molecule has 0 rings (SSSR count). The minimum atomic E-state index is -0.810. The van der Waals surface area contributed by atoms with Crippen molar-refractivity contribution in [1.82, 2.24) is 0 Å². The fourth-order valence-corrected chi connectivity index (χ4v) is 8.07. The largest absolute Gasteiger partial charge is 0.462 e. The highest BCUT2D eigenvalue weighted by Gasteiger charge is 2.19. The van der Waals surface area contributed by atoms with Gasteiger partial charge in [0.2, 0.25) is 0 Å². The topological polar surface area (TPSA) is 78.9 Å². The van der Waals surface area contributed by atoms with Gasteiger partial charge < -0.3 is 14.2 Å². The van der Waals surface area contributed by atoms with Crippen LogP contribution < -0.4 is 0 Å². The van der Waals surface area contributed by atoms with Gasteiger partial charge in [-0.3, -0.25) is 14.4 Å². The lowest BCUT2D eigenvalue weighted by atomic mass is 10.0. The van der Waals surface area contributed by atoms with Crippen LogP contribution in [0.3, 0.4) is 0 Å². The minimum Gasteiger partial charge on any atom is -0.462 e. The highest BCUT2D eigenvalue weighted by Crippen LogP contribution is 2.15. The van der Waals surface area contributed by atoms with Crippen LogP contribution in [-0.4, -0.2) is 37.2 Å². The van der Waals surface area contributed by atoms with E-state index in [1.807, 2.05) is 0 Å². The molecule has 0 radical (unpaired) electrons. The van der Waals surface area contributed by atoms with Gasteiger partial charge in [-0.1, -0.05) is 270 Å². The highest BCUT2D eigenvalue weighted by molar-refractivity contribution is 5.71. The Balaban J connectivity index is 4.43. The van der Waals surface area contributed by atoms with Crippen LogP contribution in [0.25, 0.3) is 0 Å². The molecule has 0 spiro atoms. The van der Waals surface area contributed by atoms with Crippen LogP contribution in [0.5, 0.6) is 0 Å². The van der Waals surface area contributed by atoms with E-state index < -0.39 is 6.10 Å². The summed E-state index contributed by atoms with van der Waals surface area (Å²) >= 11 is 0. The molecule has 0 aromatic carbocycles. The molecule has 0 aliphatic heterocycles. The number of ether oxygens (including phenoxy) is 3. The predicted molar refractivity (Wildman–Crippen MR) is 325 cm³/mol. The zero-order valence-electron chi connectivity index (χ0n) is 48.5. The number of unbranched alkanes of at least 4 members (excludes halogenated alkanes) is 21. The summed E-state index contributed by atoms with van der Waals surface area (Å²) < 4.78 is 16.8. The third-order valence-corrected chi connectivity index (χ3v) is 12.6. The van der Waals surface area contributed by atoms with E-state index in [0.29, 0.717) is 19.3 Å². The van der Waals surface area contributed by atoms with E-state index in [9.17, 15) is 14.4 Å². The summed E-state index contributed by atoms with van der Waals surface area (Å²) in [6.45, 7) is 6.40. The Morgan fingerprint density at radius 3 is 0.920 bits per heavy atom. The first-order valence-electron chi connectivity index (χ1n) is 30.7. The summed E-state index contributed by atoms with van der Waals surface area (Å²) in [4.78, 5) is 38.2. The first kappa shape index (κ1) is 70.5. The van der Waals surface area contributed by atoms with Crippen LogP contribution in [-0.2, 0) is 28.6 Å². The van der Waals surface area contributed by atoms with Crippen molar-refractivity contribution in [2.24, 2.45) is 0 Å². The van der Waals surface area contributed by atoms with Crippen LogP contribution in [0.1, 0.15) is 265 Å². The number of carbonyl (C=O) groups excluding carboxylic acids is 3. The molecule has 6 nitrogen and oxygen atoms in total. The van der Waals surface area contributed by atoms with Crippen LogP contribution in [0.2, 0.25) is 0 Å². The SMILES string of the molecule is CC/C=C\C/C=C\C/C=C\C/C=C\C/C=C\C/C=C\C/C=C\C/C=C\C/C=C\CCCC(=O)OCC(COC(=O)CCCCCCC/C=C\C/C=C\CCC)OC(=O)CCCCCCCCCCCCCCCCC. The third kappa shape index (κ3) is 60.3. The molecular formula is C69H112O6. The van der Waals surface area contributed by atoms with Crippen LogP contribution in [0.15, 0.2) is 134 Å². The molecule has 0 aliphatic carbocycles. The van der Waals surface area contributed by atoms with E-state index in [4.69, 9.17) is 14.2 Å². The van der Waals surface area contributed by atoms with E-state index in [-0.39, 0.29) is 37.5 Å². The number of esters is 3. The number of hydrogen-bond acceptors (Lipinski definition) is 6. The Labute approximate surface area is 462 Å². The summed E-state index contributed by atoms with van der Waals surface area (Å²) in [6, 6.07) is 0. The summed E-state index contributed by atoms with van der Waals surface area (Å²) in [6.07, 6.45) is 87.4. The van der Waals surface area contributed by atoms with Gasteiger partial charge in [-0.2, -0.15) is 0 Å². The van der Waals surface area contributed by atoms with E-state index in [1.54, 1.807) is 0 Å². The molecule has 1 unspecified atom stereocenters. The Morgan fingerprint density at radius 2 is 0.560 bits per heavy atom. The van der Waals surface area contributed by atoms with Gasteiger partial charge in [0, 0.05) is 19.3 Å². The van der Waals surface area contributed by atoms with Crippen molar-refractivity contribution in [1.29, 1.82) is 0 Å². The average molecular weight is 1040 g/mol. The lowest BCUT2D eigenvalue weighted by molar-refractivity contribution is -0.167. The fourth-order valence-electron chi connectivity index (χ4n) is 8.07. The zero-order valence-corrected chi connectivity index (χ0v) is 48.5. The molecule has 0 fully saturated rings. The molecule has 0 saturated heterocycles. The first-order chi connectivity index (χ1) is 37.0. The van der Waals surface area contributed by atoms with Crippen molar-refractivity contribution in [2.75, 3.05) is 13.2 Å². The second kappa shape index (κ2) is 62.1. The average Bonchev–Trinajstić information content (AvgIpc) is 3.41. The zero-order chi connectivity index (χ0) is 54.3. The molecule has 0 amide bonds. The van der Waals surface area contributed by atoms with Gasteiger partial charge in [0.05, 0.1) is 0 Å². The molecule has 1 atom stereocenters. The van der Waals surface area contributed by atoms with Crippen molar-refractivity contribution in [3.05, 3.63) is 134 Å². The molecule has 0 N–H and O–H groups in total. The second-order valence-electron chi connectivity index (χ2n) is 19.9. The Morgan fingerprint density at radius 1 is 0.280 bits per heavy atom. The molecule has 0 aromatic heterocycles. The second-order valence-corrected chi connectivity index (χ2v) is 19.9.